The summed E-state index contributed by atoms with van der Waals surface area (Å²) in [6, 6.07) is 10.5. The number of rotatable bonds is 5. The van der Waals surface area contributed by atoms with Crippen molar-refractivity contribution in [1.82, 2.24) is 15.2 Å². The van der Waals surface area contributed by atoms with Gasteiger partial charge in [0.05, 0.1) is 0 Å². The molecule has 1 N–H and O–H groups in total. The van der Waals surface area contributed by atoms with Gasteiger partial charge in [0.1, 0.15) is 5.82 Å². The van der Waals surface area contributed by atoms with Gasteiger partial charge in [0.2, 0.25) is 5.16 Å². The Labute approximate surface area is 99.7 Å². The molecule has 0 bridgehead atoms. The van der Waals surface area contributed by atoms with E-state index in [1.54, 1.807) is 11.8 Å². The largest absolute Gasteiger partial charge is 0.262 e. The first-order valence-electron chi connectivity index (χ1n) is 5.46. The molecule has 1 aromatic heterocycles. The number of H-pyrrole nitrogens is 1. The lowest BCUT2D eigenvalue weighted by Crippen LogP contribution is -1.88. The minimum atomic E-state index is 0.854. The molecule has 84 valence electrons. The zero-order chi connectivity index (χ0) is 11.2. The standard InChI is InChI=1S/C12H15N3S/c1-2-11-13-12(15-14-11)16-9-8-10-6-4-3-5-7-10/h3-7H,2,8-9H2,1H3,(H,13,14,15). The van der Waals surface area contributed by atoms with Crippen LogP contribution >= 0.6 is 11.8 Å². The van der Waals surface area contributed by atoms with Gasteiger partial charge in [-0.05, 0) is 12.0 Å². The molecule has 3 nitrogen and oxygen atoms in total. The monoisotopic (exact) mass is 233 g/mol. The summed E-state index contributed by atoms with van der Waals surface area (Å²) in [5.74, 6) is 1.98. The molecule has 2 aromatic rings. The van der Waals surface area contributed by atoms with Crippen molar-refractivity contribution >= 4 is 11.8 Å². The van der Waals surface area contributed by atoms with Crippen LogP contribution in [0.4, 0.5) is 0 Å². The van der Waals surface area contributed by atoms with Gasteiger partial charge in [-0.2, -0.15) is 0 Å². The van der Waals surface area contributed by atoms with Gasteiger partial charge in [0, 0.05) is 12.2 Å². The van der Waals surface area contributed by atoms with Crippen LogP contribution in [0.3, 0.4) is 0 Å². The molecule has 2 rings (SSSR count). The first-order chi connectivity index (χ1) is 7.88. The Balaban J connectivity index is 1.80. The minimum Gasteiger partial charge on any atom is -0.262 e. The maximum Gasteiger partial charge on any atom is 0.208 e. The topological polar surface area (TPSA) is 41.6 Å². The van der Waals surface area contributed by atoms with Crippen molar-refractivity contribution in [2.75, 3.05) is 5.75 Å². The van der Waals surface area contributed by atoms with Gasteiger partial charge >= 0.3 is 0 Å². The molecule has 4 heteroatoms. The number of hydrogen-bond acceptors (Lipinski definition) is 3. The molecular formula is C12H15N3S. The zero-order valence-electron chi connectivity index (χ0n) is 9.31. The van der Waals surface area contributed by atoms with Crippen LogP contribution < -0.4 is 0 Å². The highest BCUT2D eigenvalue weighted by Gasteiger charge is 2.01. The second-order valence-corrected chi connectivity index (χ2v) is 4.56. The van der Waals surface area contributed by atoms with E-state index >= 15 is 0 Å². The molecule has 0 aliphatic carbocycles. The van der Waals surface area contributed by atoms with Crippen LogP contribution in [0.25, 0.3) is 0 Å². The Hall–Kier alpha value is -1.29. The summed E-state index contributed by atoms with van der Waals surface area (Å²) in [6.45, 7) is 2.07. The van der Waals surface area contributed by atoms with E-state index in [0.717, 1.165) is 29.6 Å². The van der Waals surface area contributed by atoms with Crippen molar-refractivity contribution in [3.05, 3.63) is 41.7 Å². The van der Waals surface area contributed by atoms with Crippen molar-refractivity contribution in [1.29, 1.82) is 0 Å². The predicted octanol–water partition coefficient (Wildman–Crippen LogP) is 2.70. The predicted molar refractivity (Wildman–Crippen MR) is 66.6 cm³/mol. The first-order valence-corrected chi connectivity index (χ1v) is 6.45. The van der Waals surface area contributed by atoms with E-state index in [2.05, 4.69) is 46.4 Å². The Kier molecular flexibility index (Phi) is 3.99. The van der Waals surface area contributed by atoms with Crippen LogP contribution in [0.15, 0.2) is 35.5 Å². The molecule has 0 saturated carbocycles. The van der Waals surface area contributed by atoms with E-state index in [1.165, 1.54) is 5.56 Å². The Morgan fingerprint density at radius 1 is 1.25 bits per heavy atom. The fourth-order valence-electron chi connectivity index (χ4n) is 1.41. The second-order valence-electron chi connectivity index (χ2n) is 3.50. The van der Waals surface area contributed by atoms with Gasteiger partial charge in [-0.15, -0.1) is 5.10 Å². The van der Waals surface area contributed by atoms with Crippen LogP contribution in [0.2, 0.25) is 0 Å². The maximum absolute atomic E-state index is 4.36. The van der Waals surface area contributed by atoms with Crippen LogP contribution in [0.1, 0.15) is 18.3 Å². The van der Waals surface area contributed by atoms with Crippen molar-refractivity contribution in [3.63, 3.8) is 0 Å². The van der Waals surface area contributed by atoms with Crippen LogP contribution in [0, 0.1) is 0 Å². The molecule has 0 spiro atoms. The number of aromatic amines is 1. The Morgan fingerprint density at radius 3 is 2.75 bits per heavy atom. The number of hydrogen-bond donors (Lipinski definition) is 1. The summed E-state index contributed by atoms with van der Waals surface area (Å²) in [6.07, 6.45) is 1.97. The third-order valence-electron chi connectivity index (χ3n) is 2.31. The molecule has 0 amide bonds. The van der Waals surface area contributed by atoms with Crippen LogP contribution in [-0.2, 0) is 12.8 Å². The number of benzene rings is 1. The highest BCUT2D eigenvalue weighted by molar-refractivity contribution is 7.99. The average molecular weight is 233 g/mol. The molecule has 0 aliphatic heterocycles. The number of thioether (sulfide) groups is 1. The zero-order valence-corrected chi connectivity index (χ0v) is 10.1. The summed E-state index contributed by atoms with van der Waals surface area (Å²) in [5, 5.41) is 7.92. The maximum atomic E-state index is 4.36. The summed E-state index contributed by atoms with van der Waals surface area (Å²) in [7, 11) is 0. The highest BCUT2D eigenvalue weighted by atomic mass is 32.2. The van der Waals surface area contributed by atoms with Crippen molar-refractivity contribution in [3.8, 4) is 0 Å². The summed E-state index contributed by atoms with van der Waals surface area (Å²) < 4.78 is 0. The molecule has 0 radical (unpaired) electrons. The van der Waals surface area contributed by atoms with Crippen molar-refractivity contribution < 1.29 is 0 Å². The SMILES string of the molecule is CCc1nc(SCCc2ccccc2)n[nH]1. The molecular weight excluding hydrogens is 218 g/mol. The smallest absolute Gasteiger partial charge is 0.208 e. The van der Waals surface area contributed by atoms with Crippen LogP contribution in [-0.4, -0.2) is 20.9 Å². The van der Waals surface area contributed by atoms with Gasteiger partial charge in [0.25, 0.3) is 0 Å². The third-order valence-corrected chi connectivity index (χ3v) is 3.16. The molecule has 1 aromatic carbocycles. The fourth-order valence-corrected chi connectivity index (χ4v) is 2.21. The van der Waals surface area contributed by atoms with Gasteiger partial charge in [-0.25, -0.2) is 4.98 Å². The fraction of sp³-hybridized carbons (Fsp3) is 0.333. The van der Waals surface area contributed by atoms with Crippen molar-refractivity contribution in [2.45, 2.75) is 24.9 Å². The number of aryl methyl sites for hydroxylation is 2. The lowest BCUT2D eigenvalue weighted by molar-refractivity contribution is 0.941. The van der Waals surface area contributed by atoms with Crippen LogP contribution in [0.5, 0.6) is 0 Å². The lowest BCUT2D eigenvalue weighted by atomic mass is 10.2. The van der Waals surface area contributed by atoms with E-state index in [1.807, 2.05) is 6.07 Å². The minimum absolute atomic E-state index is 0.854. The normalized spacial score (nSPS) is 10.6. The van der Waals surface area contributed by atoms with E-state index in [9.17, 15) is 0 Å². The van der Waals surface area contributed by atoms with Gasteiger partial charge in [-0.1, -0.05) is 49.0 Å². The lowest BCUT2D eigenvalue weighted by Gasteiger charge is -1.98. The average Bonchev–Trinajstić information content (AvgIpc) is 2.78. The molecule has 16 heavy (non-hydrogen) atoms. The summed E-state index contributed by atoms with van der Waals surface area (Å²) in [5.41, 5.74) is 1.36. The number of nitrogens with zero attached hydrogens (tertiary/aromatic N) is 2. The summed E-state index contributed by atoms with van der Waals surface area (Å²) >= 11 is 1.70. The molecule has 0 fully saturated rings. The third kappa shape index (κ3) is 3.10. The van der Waals surface area contributed by atoms with Gasteiger partial charge in [-0.3, -0.25) is 5.10 Å². The van der Waals surface area contributed by atoms with E-state index < -0.39 is 0 Å². The summed E-state index contributed by atoms with van der Waals surface area (Å²) in [4.78, 5) is 4.36. The first kappa shape index (κ1) is 11.2. The Bertz CT molecular complexity index is 425. The molecule has 0 aliphatic rings. The number of nitrogens with one attached hydrogen (secondary N) is 1. The highest BCUT2D eigenvalue weighted by Crippen LogP contribution is 2.14. The Morgan fingerprint density at radius 2 is 2.06 bits per heavy atom. The van der Waals surface area contributed by atoms with E-state index in [0.29, 0.717) is 0 Å². The number of aromatic nitrogens is 3. The molecule has 1 heterocycles. The molecule has 0 saturated heterocycles. The molecule has 0 unspecified atom stereocenters. The van der Waals surface area contributed by atoms with Crippen molar-refractivity contribution in [2.24, 2.45) is 0 Å². The van der Waals surface area contributed by atoms with E-state index in [-0.39, 0.29) is 0 Å². The van der Waals surface area contributed by atoms with E-state index in [4.69, 9.17) is 0 Å². The van der Waals surface area contributed by atoms with Gasteiger partial charge < -0.3 is 0 Å². The van der Waals surface area contributed by atoms with Gasteiger partial charge in [0.15, 0.2) is 0 Å². The molecule has 0 atom stereocenters. The quantitative estimate of drug-likeness (QED) is 0.807. The second kappa shape index (κ2) is 5.70.